The number of amides is 1. The average Bonchev–Trinajstić information content (AvgIpc) is 2.38. The summed E-state index contributed by atoms with van der Waals surface area (Å²) in [6.45, 7) is 3.35. The molecule has 1 atom stereocenters. The summed E-state index contributed by atoms with van der Waals surface area (Å²) < 4.78 is 0.756. The molecule has 0 aliphatic rings. The van der Waals surface area contributed by atoms with Gasteiger partial charge < -0.3 is 5.32 Å². The minimum Gasteiger partial charge on any atom is -0.323 e. The number of rotatable bonds is 3. The molecule has 1 N–H and O–H groups in total. The SMILES string of the molecule is CCC(C)(C#N)C(=O)Nc1cc(Br)ccc1C#N. The number of nitrogens with zero attached hydrogens (tertiary/aromatic N) is 2. The fraction of sp³-hybridized carbons (Fsp3) is 0.308. The average molecular weight is 306 g/mol. The molecular formula is C13H12BrN3O. The van der Waals surface area contributed by atoms with E-state index in [1.807, 2.05) is 12.1 Å². The zero-order chi connectivity index (χ0) is 13.8. The van der Waals surface area contributed by atoms with E-state index in [-0.39, 0.29) is 0 Å². The second kappa shape index (κ2) is 5.66. The third-order valence-electron chi connectivity index (χ3n) is 2.81. The molecule has 1 unspecified atom stereocenters. The minimum atomic E-state index is -1.09. The Labute approximate surface area is 114 Å². The van der Waals surface area contributed by atoms with Gasteiger partial charge in [-0.3, -0.25) is 4.79 Å². The van der Waals surface area contributed by atoms with Gasteiger partial charge in [-0.15, -0.1) is 0 Å². The summed E-state index contributed by atoms with van der Waals surface area (Å²) >= 11 is 3.27. The van der Waals surface area contributed by atoms with Crippen LogP contribution in [0.3, 0.4) is 0 Å². The third kappa shape index (κ3) is 2.88. The van der Waals surface area contributed by atoms with E-state index < -0.39 is 11.3 Å². The van der Waals surface area contributed by atoms with E-state index in [2.05, 4.69) is 21.2 Å². The lowest BCUT2D eigenvalue weighted by molar-refractivity contribution is -0.122. The molecule has 0 saturated carbocycles. The number of carbonyl (C=O) groups is 1. The lowest BCUT2D eigenvalue weighted by Gasteiger charge is -2.19. The fourth-order valence-electron chi connectivity index (χ4n) is 1.27. The van der Waals surface area contributed by atoms with Crippen LogP contribution in [0.5, 0.6) is 0 Å². The van der Waals surface area contributed by atoms with Gasteiger partial charge in [-0.2, -0.15) is 10.5 Å². The first-order valence-electron chi connectivity index (χ1n) is 5.39. The lowest BCUT2D eigenvalue weighted by Crippen LogP contribution is -2.31. The van der Waals surface area contributed by atoms with Crippen LogP contribution >= 0.6 is 15.9 Å². The molecule has 0 fully saturated rings. The van der Waals surface area contributed by atoms with Crippen LogP contribution in [0.1, 0.15) is 25.8 Å². The number of hydrogen-bond acceptors (Lipinski definition) is 3. The normalized spacial score (nSPS) is 12.9. The van der Waals surface area contributed by atoms with Crippen LogP contribution in [0.15, 0.2) is 22.7 Å². The molecule has 0 radical (unpaired) electrons. The quantitative estimate of drug-likeness (QED) is 0.931. The maximum Gasteiger partial charge on any atom is 0.244 e. The van der Waals surface area contributed by atoms with Crippen molar-refractivity contribution in [1.82, 2.24) is 0 Å². The molecule has 0 aliphatic carbocycles. The Morgan fingerprint density at radius 3 is 2.67 bits per heavy atom. The van der Waals surface area contributed by atoms with Gasteiger partial charge in [0.05, 0.1) is 17.3 Å². The fourth-order valence-corrected chi connectivity index (χ4v) is 1.63. The third-order valence-corrected chi connectivity index (χ3v) is 3.30. The van der Waals surface area contributed by atoms with Gasteiger partial charge in [0.25, 0.3) is 0 Å². The highest BCUT2D eigenvalue weighted by Gasteiger charge is 2.31. The van der Waals surface area contributed by atoms with Gasteiger partial charge in [-0.25, -0.2) is 0 Å². The van der Waals surface area contributed by atoms with Crippen molar-refractivity contribution < 1.29 is 4.79 Å². The van der Waals surface area contributed by atoms with Gasteiger partial charge in [0.15, 0.2) is 0 Å². The van der Waals surface area contributed by atoms with Crippen LogP contribution in [0.2, 0.25) is 0 Å². The molecular weight excluding hydrogens is 294 g/mol. The van der Waals surface area contributed by atoms with Crippen molar-refractivity contribution in [3.8, 4) is 12.1 Å². The van der Waals surface area contributed by atoms with Crippen LogP contribution in [0.4, 0.5) is 5.69 Å². The van der Waals surface area contributed by atoms with Crippen molar-refractivity contribution in [2.75, 3.05) is 5.32 Å². The van der Waals surface area contributed by atoms with Gasteiger partial charge in [0.1, 0.15) is 11.5 Å². The van der Waals surface area contributed by atoms with Crippen LogP contribution in [-0.2, 0) is 4.79 Å². The van der Waals surface area contributed by atoms with Crippen LogP contribution in [-0.4, -0.2) is 5.91 Å². The monoisotopic (exact) mass is 305 g/mol. The van der Waals surface area contributed by atoms with Crippen molar-refractivity contribution in [3.05, 3.63) is 28.2 Å². The molecule has 18 heavy (non-hydrogen) atoms. The van der Waals surface area contributed by atoms with Crippen molar-refractivity contribution in [1.29, 1.82) is 10.5 Å². The van der Waals surface area contributed by atoms with E-state index in [1.54, 1.807) is 32.0 Å². The van der Waals surface area contributed by atoms with Crippen molar-refractivity contribution >= 4 is 27.5 Å². The van der Waals surface area contributed by atoms with E-state index in [9.17, 15) is 4.79 Å². The van der Waals surface area contributed by atoms with E-state index in [0.29, 0.717) is 17.7 Å². The molecule has 0 aliphatic heterocycles. The Morgan fingerprint density at radius 2 is 2.17 bits per heavy atom. The number of nitrogens with one attached hydrogen (secondary N) is 1. The molecule has 92 valence electrons. The number of carbonyl (C=O) groups excluding carboxylic acids is 1. The predicted octanol–water partition coefficient (Wildman–Crippen LogP) is 3.20. The minimum absolute atomic E-state index is 0.364. The molecule has 0 spiro atoms. The molecule has 0 aromatic heterocycles. The molecule has 1 aromatic carbocycles. The molecule has 0 heterocycles. The highest BCUT2D eigenvalue weighted by atomic mass is 79.9. The molecule has 1 aromatic rings. The highest BCUT2D eigenvalue weighted by molar-refractivity contribution is 9.10. The maximum atomic E-state index is 12.0. The Hall–Kier alpha value is -1.85. The van der Waals surface area contributed by atoms with Crippen molar-refractivity contribution in [2.45, 2.75) is 20.3 Å². The summed E-state index contributed by atoms with van der Waals surface area (Å²) in [6.07, 6.45) is 0.408. The summed E-state index contributed by atoms with van der Waals surface area (Å²) in [5, 5.41) is 20.6. The molecule has 1 amide bonds. The number of nitriles is 2. The summed E-state index contributed by atoms with van der Waals surface area (Å²) in [5.74, 6) is -0.401. The van der Waals surface area contributed by atoms with E-state index >= 15 is 0 Å². The first-order chi connectivity index (χ1) is 8.46. The van der Waals surface area contributed by atoms with Crippen molar-refractivity contribution in [3.63, 3.8) is 0 Å². The second-order valence-corrected chi connectivity index (χ2v) is 4.97. The summed E-state index contributed by atoms with van der Waals surface area (Å²) in [7, 11) is 0. The zero-order valence-corrected chi connectivity index (χ0v) is 11.7. The Kier molecular flexibility index (Phi) is 4.47. The van der Waals surface area contributed by atoms with Crippen LogP contribution < -0.4 is 5.32 Å². The van der Waals surface area contributed by atoms with Gasteiger partial charge in [-0.05, 0) is 31.5 Å². The number of hydrogen-bond donors (Lipinski definition) is 1. The van der Waals surface area contributed by atoms with Crippen LogP contribution in [0.25, 0.3) is 0 Å². The van der Waals surface area contributed by atoms with Crippen LogP contribution in [0, 0.1) is 28.1 Å². The first-order valence-corrected chi connectivity index (χ1v) is 6.18. The number of anilines is 1. The number of halogens is 1. The lowest BCUT2D eigenvalue weighted by atomic mass is 9.88. The molecule has 0 bridgehead atoms. The summed E-state index contributed by atoms with van der Waals surface area (Å²) in [6, 6.07) is 8.96. The molecule has 1 rings (SSSR count). The van der Waals surface area contributed by atoms with Gasteiger partial charge in [-0.1, -0.05) is 22.9 Å². The van der Waals surface area contributed by atoms with E-state index in [0.717, 1.165) is 4.47 Å². The summed E-state index contributed by atoms with van der Waals surface area (Å²) in [4.78, 5) is 12.0. The van der Waals surface area contributed by atoms with E-state index in [1.165, 1.54) is 0 Å². The molecule has 0 saturated heterocycles. The topological polar surface area (TPSA) is 76.7 Å². The zero-order valence-electron chi connectivity index (χ0n) is 10.1. The maximum absolute atomic E-state index is 12.0. The second-order valence-electron chi connectivity index (χ2n) is 4.05. The molecule has 4 nitrogen and oxygen atoms in total. The van der Waals surface area contributed by atoms with Gasteiger partial charge in [0.2, 0.25) is 5.91 Å². The Bertz CT molecular complexity index is 556. The predicted molar refractivity (Wildman–Crippen MR) is 71.5 cm³/mol. The highest BCUT2D eigenvalue weighted by Crippen LogP contribution is 2.25. The Balaban J connectivity index is 3.07. The standard InChI is InChI=1S/C13H12BrN3O/c1-3-13(2,8-16)12(18)17-11-6-10(14)5-4-9(11)7-15/h4-6H,3H2,1-2H3,(H,17,18). The number of benzene rings is 1. The Morgan fingerprint density at radius 1 is 1.50 bits per heavy atom. The van der Waals surface area contributed by atoms with Gasteiger partial charge >= 0.3 is 0 Å². The largest absolute Gasteiger partial charge is 0.323 e. The smallest absolute Gasteiger partial charge is 0.244 e. The molecule has 5 heteroatoms. The van der Waals surface area contributed by atoms with E-state index in [4.69, 9.17) is 10.5 Å². The first kappa shape index (κ1) is 14.2. The van der Waals surface area contributed by atoms with Gasteiger partial charge in [0, 0.05) is 4.47 Å². The van der Waals surface area contributed by atoms with Crippen molar-refractivity contribution in [2.24, 2.45) is 5.41 Å². The summed E-state index contributed by atoms with van der Waals surface area (Å²) in [5.41, 5.74) is -0.315.